The topological polar surface area (TPSA) is 52.7 Å². The highest BCUT2D eigenvalue weighted by atomic mass is 16.2. The zero-order chi connectivity index (χ0) is 19.2. The Balaban J connectivity index is 1.56. The highest BCUT2D eigenvalue weighted by molar-refractivity contribution is 5.82. The highest BCUT2D eigenvalue weighted by Crippen LogP contribution is 2.23. The molecule has 2 rings (SSSR count). The largest absolute Gasteiger partial charge is 0.356 e. The van der Waals surface area contributed by atoms with Crippen molar-refractivity contribution in [1.29, 1.82) is 0 Å². The fraction of sp³-hybridized carbons (Fsp3) is 0.905. The lowest BCUT2D eigenvalue weighted by Crippen LogP contribution is -2.46. The van der Waals surface area contributed by atoms with E-state index >= 15 is 0 Å². The van der Waals surface area contributed by atoms with E-state index in [1.54, 1.807) is 0 Å². The van der Waals surface area contributed by atoms with Gasteiger partial charge in [0.2, 0.25) is 11.8 Å². The molecule has 0 unspecified atom stereocenters. The van der Waals surface area contributed by atoms with Crippen LogP contribution in [0.15, 0.2) is 0 Å². The molecule has 0 aliphatic carbocycles. The fourth-order valence-corrected chi connectivity index (χ4v) is 3.92. The van der Waals surface area contributed by atoms with Gasteiger partial charge in [-0.15, -0.1) is 0 Å². The number of hydrogen-bond acceptors (Lipinski definition) is 3. The smallest absolute Gasteiger partial charge is 0.227 e. The van der Waals surface area contributed by atoms with Crippen LogP contribution in [0.25, 0.3) is 0 Å². The average Bonchev–Trinajstić information content (AvgIpc) is 2.61. The summed E-state index contributed by atoms with van der Waals surface area (Å²) in [5.74, 6) is 1.33. The second kappa shape index (κ2) is 9.72. The van der Waals surface area contributed by atoms with Gasteiger partial charge in [0.05, 0.1) is 0 Å². The maximum absolute atomic E-state index is 12.3. The molecule has 150 valence electrons. The molecular formula is C21H39N3O2. The van der Waals surface area contributed by atoms with Crippen molar-refractivity contribution in [3.8, 4) is 0 Å². The number of nitrogens with one attached hydrogen (secondary N) is 1. The number of piperidine rings is 2. The standard InChI is InChI=1S/C21H39N3O2/c1-17-7-13-23(14-8-17)12-6-5-11-22-19(25)18-9-15-24(16-10-18)20(26)21(2,3)4/h17-18H,5-16H2,1-4H3,(H,22,25). The van der Waals surface area contributed by atoms with Crippen molar-refractivity contribution in [2.75, 3.05) is 39.3 Å². The molecule has 1 N–H and O–H groups in total. The van der Waals surface area contributed by atoms with E-state index in [1.165, 1.54) is 25.9 Å². The summed E-state index contributed by atoms with van der Waals surface area (Å²) in [4.78, 5) is 29.1. The minimum Gasteiger partial charge on any atom is -0.356 e. The van der Waals surface area contributed by atoms with Crippen molar-refractivity contribution >= 4 is 11.8 Å². The lowest BCUT2D eigenvalue weighted by Gasteiger charge is -2.35. The molecule has 0 atom stereocenters. The predicted octanol–water partition coefficient (Wildman–Crippen LogP) is 2.90. The first-order valence-electron chi connectivity index (χ1n) is 10.6. The van der Waals surface area contributed by atoms with E-state index < -0.39 is 0 Å². The van der Waals surface area contributed by atoms with E-state index in [-0.39, 0.29) is 23.1 Å². The molecule has 0 aromatic heterocycles. The van der Waals surface area contributed by atoms with Crippen molar-refractivity contribution < 1.29 is 9.59 Å². The van der Waals surface area contributed by atoms with Crippen LogP contribution in [0.1, 0.15) is 66.2 Å². The second-order valence-electron chi connectivity index (χ2n) is 9.34. The van der Waals surface area contributed by atoms with Crippen molar-refractivity contribution in [3.63, 3.8) is 0 Å². The number of carbonyl (C=O) groups excluding carboxylic acids is 2. The van der Waals surface area contributed by atoms with Crippen LogP contribution in [-0.4, -0.2) is 60.9 Å². The summed E-state index contributed by atoms with van der Waals surface area (Å²) in [6, 6.07) is 0. The molecule has 5 nitrogen and oxygen atoms in total. The maximum Gasteiger partial charge on any atom is 0.227 e. The van der Waals surface area contributed by atoms with Crippen LogP contribution in [0.4, 0.5) is 0 Å². The number of amides is 2. The normalized spacial score (nSPS) is 21.0. The molecule has 2 amide bonds. The Bertz CT molecular complexity index is 456. The first-order valence-corrected chi connectivity index (χ1v) is 10.6. The molecular weight excluding hydrogens is 326 g/mol. The second-order valence-corrected chi connectivity index (χ2v) is 9.34. The predicted molar refractivity (Wildman–Crippen MR) is 106 cm³/mol. The molecule has 2 aliphatic heterocycles. The van der Waals surface area contributed by atoms with Crippen LogP contribution in [0.2, 0.25) is 0 Å². The molecule has 0 bridgehead atoms. The van der Waals surface area contributed by atoms with E-state index in [1.807, 2.05) is 25.7 Å². The summed E-state index contributed by atoms with van der Waals surface area (Å²) in [7, 11) is 0. The Hall–Kier alpha value is -1.10. The maximum atomic E-state index is 12.3. The first-order chi connectivity index (χ1) is 12.3. The molecule has 0 radical (unpaired) electrons. The summed E-state index contributed by atoms with van der Waals surface area (Å²) >= 11 is 0. The number of hydrogen-bond donors (Lipinski definition) is 1. The molecule has 0 aromatic rings. The summed E-state index contributed by atoms with van der Waals surface area (Å²) in [5.41, 5.74) is -0.332. The first kappa shape index (κ1) is 21.2. The lowest BCUT2D eigenvalue weighted by molar-refractivity contribution is -0.142. The van der Waals surface area contributed by atoms with Gasteiger partial charge in [-0.3, -0.25) is 9.59 Å². The molecule has 0 aromatic carbocycles. The molecule has 0 saturated carbocycles. The molecule has 2 fully saturated rings. The number of unbranched alkanes of at least 4 members (excludes halogenated alkanes) is 1. The van der Waals surface area contributed by atoms with Gasteiger partial charge in [-0.25, -0.2) is 0 Å². The van der Waals surface area contributed by atoms with Gasteiger partial charge in [0.25, 0.3) is 0 Å². The molecule has 5 heteroatoms. The Kier molecular flexibility index (Phi) is 7.93. The average molecular weight is 366 g/mol. The third kappa shape index (κ3) is 6.57. The van der Waals surface area contributed by atoms with Crippen LogP contribution in [-0.2, 0) is 9.59 Å². The van der Waals surface area contributed by atoms with Gasteiger partial charge in [0.1, 0.15) is 0 Å². The third-order valence-electron chi connectivity index (χ3n) is 5.87. The van der Waals surface area contributed by atoms with Crippen molar-refractivity contribution in [3.05, 3.63) is 0 Å². The van der Waals surface area contributed by atoms with Crippen LogP contribution in [0.5, 0.6) is 0 Å². The minimum atomic E-state index is -0.332. The molecule has 0 spiro atoms. The van der Waals surface area contributed by atoms with E-state index in [0.29, 0.717) is 13.1 Å². The Morgan fingerprint density at radius 1 is 0.962 bits per heavy atom. The minimum absolute atomic E-state index is 0.0719. The zero-order valence-electron chi connectivity index (χ0n) is 17.4. The Morgan fingerprint density at radius 3 is 2.15 bits per heavy atom. The number of carbonyl (C=O) groups is 2. The number of likely N-dealkylation sites (tertiary alicyclic amines) is 2. The fourth-order valence-electron chi connectivity index (χ4n) is 3.92. The molecule has 26 heavy (non-hydrogen) atoms. The Labute approximate surface area is 159 Å². The van der Waals surface area contributed by atoms with Crippen LogP contribution >= 0.6 is 0 Å². The van der Waals surface area contributed by atoms with Crippen molar-refractivity contribution in [1.82, 2.24) is 15.1 Å². The van der Waals surface area contributed by atoms with Gasteiger partial charge >= 0.3 is 0 Å². The summed E-state index contributed by atoms with van der Waals surface area (Å²) in [6.07, 6.45) is 6.45. The van der Waals surface area contributed by atoms with E-state index in [2.05, 4.69) is 17.1 Å². The van der Waals surface area contributed by atoms with Gasteiger partial charge in [0, 0.05) is 31.0 Å². The van der Waals surface area contributed by atoms with Gasteiger partial charge < -0.3 is 15.1 Å². The highest BCUT2D eigenvalue weighted by Gasteiger charge is 2.32. The van der Waals surface area contributed by atoms with Gasteiger partial charge in [-0.2, -0.15) is 0 Å². The Morgan fingerprint density at radius 2 is 1.58 bits per heavy atom. The molecule has 2 heterocycles. The SMILES string of the molecule is CC1CCN(CCCCNC(=O)C2CCN(C(=O)C(C)(C)C)CC2)CC1. The third-order valence-corrected chi connectivity index (χ3v) is 5.87. The van der Waals surface area contributed by atoms with Crippen LogP contribution in [0, 0.1) is 17.3 Å². The number of rotatable bonds is 6. The summed E-state index contributed by atoms with van der Waals surface area (Å²) in [6.45, 7) is 14.0. The number of nitrogens with zero attached hydrogens (tertiary/aromatic N) is 2. The van der Waals surface area contributed by atoms with Gasteiger partial charge in [-0.05, 0) is 64.1 Å². The molecule has 2 aliphatic rings. The quantitative estimate of drug-likeness (QED) is 0.737. The summed E-state index contributed by atoms with van der Waals surface area (Å²) in [5, 5.41) is 3.11. The zero-order valence-corrected chi connectivity index (χ0v) is 17.4. The van der Waals surface area contributed by atoms with Gasteiger partial charge in [0.15, 0.2) is 0 Å². The van der Waals surface area contributed by atoms with Crippen molar-refractivity contribution in [2.24, 2.45) is 17.3 Å². The monoisotopic (exact) mass is 365 g/mol. The van der Waals surface area contributed by atoms with Crippen molar-refractivity contribution in [2.45, 2.75) is 66.2 Å². The van der Waals surface area contributed by atoms with Gasteiger partial charge in [-0.1, -0.05) is 27.7 Å². The molecule has 2 saturated heterocycles. The lowest BCUT2D eigenvalue weighted by atomic mass is 9.90. The summed E-state index contributed by atoms with van der Waals surface area (Å²) < 4.78 is 0. The van der Waals surface area contributed by atoms with Crippen LogP contribution < -0.4 is 5.32 Å². The van der Waals surface area contributed by atoms with E-state index in [9.17, 15) is 9.59 Å². The van der Waals surface area contributed by atoms with E-state index in [4.69, 9.17) is 0 Å². The van der Waals surface area contributed by atoms with E-state index in [0.717, 1.165) is 44.7 Å². The van der Waals surface area contributed by atoms with Crippen LogP contribution in [0.3, 0.4) is 0 Å².